The van der Waals surface area contributed by atoms with E-state index in [4.69, 9.17) is 9.47 Å². The number of aryl methyl sites for hydroxylation is 2. The second-order valence-electron chi connectivity index (χ2n) is 2.77. The van der Waals surface area contributed by atoms with Gasteiger partial charge in [-0.25, -0.2) is 0 Å². The number of methoxy groups -OCH3 is 2. The maximum atomic E-state index is 5.22. The normalized spacial score (nSPS) is 8.71. The van der Waals surface area contributed by atoms with E-state index < -0.39 is 0 Å². The van der Waals surface area contributed by atoms with Crippen molar-refractivity contribution in [3.05, 3.63) is 23.3 Å². The minimum Gasteiger partial charge on any atom is -0.493 e. The smallest absolute Gasteiger partial charge is 0.163 e. The molecule has 1 rings (SSSR count). The summed E-state index contributed by atoms with van der Waals surface area (Å²) in [5.41, 5.74) is 2.19. The highest BCUT2D eigenvalue weighted by Gasteiger charge is 2.08. The molecule has 0 atom stereocenters. The fraction of sp³-hybridized carbons (Fsp3) is 0.500. The molecule has 1 aromatic carbocycles. The molecule has 0 aliphatic rings. The zero-order chi connectivity index (χ0) is 11.1. The van der Waals surface area contributed by atoms with Gasteiger partial charge in [0.2, 0.25) is 0 Å². The zero-order valence-corrected chi connectivity index (χ0v) is 9.97. The molecule has 1 aromatic rings. The van der Waals surface area contributed by atoms with Gasteiger partial charge in [-0.3, -0.25) is 0 Å². The molecular weight excluding hydrogens is 176 g/mol. The number of hydrogen-bond acceptors (Lipinski definition) is 2. The molecule has 80 valence electrons. The average molecular weight is 196 g/mol. The van der Waals surface area contributed by atoms with Crippen molar-refractivity contribution in [1.29, 1.82) is 0 Å². The van der Waals surface area contributed by atoms with Crippen LogP contribution in [0.2, 0.25) is 0 Å². The van der Waals surface area contributed by atoms with Crippen molar-refractivity contribution in [2.24, 2.45) is 0 Å². The molecule has 14 heavy (non-hydrogen) atoms. The number of benzene rings is 1. The fourth-order valence-corrected chi connectivity index (χ4v) is 1.27. The van der Waals surface area contributed by atoms with E-state index in [1.54, 1.807) is 14.2 Å². The maximum Gasteiger partial charge on any atom is 0.163 e. The lowest BCUT2D eigenvalue weighted by Crippen LogP contribution is -1.94. The largest absolute Gasteiger partial charge is 0.493 e. The summed E-state index contributed by atoms with van der Waals surface area (Å²) in [4.78, 5) is 0. The summed E-state index contributed by atoms with van der Waals surface area (Å²) in [6.07, 6.45) is 0. The Morgan fingerprint density at radius 1 is 0.786 bits per heavy atom. The molecule has 0 aliphatic heterocycles. The van der Waals surface area contributed by atoms with Crippen molar-refractivity contribution in [3.8, 4) is 11.5 Å². The fourth-order valence-electron chi connectivity index (χ4n) is 1.27. The van der Waals surface area contributed by atoms with Crippen molar-refractivity contribution >= 4 is 0 Å². The van der Waals surface area contributed by atoms with E-state index in [1.807, 2.05) is 39.8 Å². The van der Waals surface area contributed by atoms with Crippen LogP contribution in [0, 0.1) is 13.8 Å². The lowest BCUT2D eigenvalue weighted by Gasteiger charge is -2.12. The van der Waals surface area contributed by atoms with Crippen LogP contribution in [0.15, 0.2) is 12.1 Å². The molecule has 2 heteroatoms. The molecule has 0 fully saturated rings. The molecule has 0 N–H and O–H groups in total. The van der Waals surface area contributed by atoms with E-state index in [0.717, 1.165) is 22.6 Å². The quantitative estimate of drug-likeness (QED) is 0.722. The lowest BCUT2D eigenvalue weighted by molar-refractivity contribution is 0.351. The molecule has 2 nitrogen and oxygen atoms in total. The summed E-state index contributed by atoms with van der Waals surface area (Å²) in [6.45, 7) is 8.00. The number of rotatable bonds is 2. The SMILES string of the molecule is CC.COc1c(C)ccc(C)c1OC. The van der Waals surface area contributed by atoms with E-state index in [2.05, 4.69) is 0 Å². The molecule has 0 saturated carbocycles. The number of hydrogen-bond donors (Lipinski definition) is 0. The molecule has 0 spiro atoms. The van der Waals surface area contributed by atoms with Gasteiger partial charge in [-0.2, -0.15) is 0 Å². The van der Waals surface area contributed by atoms with Crippen LogP contribution in [0.5, 0.6) is 11.5 Å². The molecule has 0 aliphatic carbocycles. The Morgan fingerprint density at radius 3 is 1.29 bits per heavy atom. The lowest BCUT2D eigenvalue weighted by atomic mass is 10.1. The predicted octanol–water partition coefficient (Wildman–Crippen LogP) is 3.35. The van der Waals surface area contributed by atoms with Crippen molar-refractivity contribution in [1.82, 2.24) is 0 Å². The van der Waals surface area contributed by atoms with Gasteiger partial charge in [0.1, 0.15) is 0 Å². The molecule has 0 bridgehead atoms. The summed E-state index contributed by atoms with van der Waals surface area (Å²) >= 11 is 0. The van der Waals surface area contributed by atoms with Crippen LogP contribution in [0.25, 0.3) is 0 Å². The van der Waals surface area contributed by atoms with Gasteiger partial charge in [0, 0.05) is 0 Å². The van der Waals surface area contributed by atoms with Gasteiger partial charge in [0.25, 0.3) is 0 Å². The van der Waals surface area contributed by atoms with Crippen molar-refractivity contribution in [3.63, 3.8) is 0 Å². The first-order valence-electron chi connectivity index (χ1n) is 4.89. The van der Waals surface area contributed by atoms with E-state index in [-0.39, 0.29) is 0 Å². The van der Waals surface area contributed by atoms with Crippen molar-refractivity contribution in [2.45, 2.75) is 27.7 Å². The Bertz CT molecular complexity index is 251. The molecule has 0 saturated heterocycles. The number of ether oxygens (including phenoxy) is 2. The van der Waals surface area contributed by atoms with E-state index in [9.17, 15) is 0 Å². The Hall–Kier alpha value is -1.18. The van der Waals surface area contributed by atoms with Gasteiger partial charge >= 0.3 is 0 Å². The average Bonchev–Trinajstić information content (AvgIpc) is 2.24. The molecule has 0 radical (unpaired) electrons. The van der Waals surface area contributed by atoms with Crippen LogP contribution >= 0.6 is 0 Å². The monoisotopic (exact) mass is 196 g/mol. The van der Waals surface area contributed by atoms with Crippen LogP contribution in [-0.2, 0) is 0 Å². The van der Waals surface area contributed by atoms with Crippen LogP contribution < -0.4 is 9.47 Å². The Kier molecular flexibility index (Phi) is 5.77. The minimum absolute atomic E-state index is 0.831. The summed E-state index contributed by atoms with van der Waals surface area (Å²) in [5.74, 6) is 1.66. The molecule has 0 aromatic heterocycles. The zero-order valence-electron chi connectivity index (χ0n) is 9.97. The first-order valence-corrected chi connectivity index (χ1v) is 4.89. The van der Waals surface area contributed by atoms with Gasteiger partial charge in [-0.15, -0.1) is 0 Å². The summed E-state index contributed by atoms with van der Waals surface area (Å²) in [5, 5.41) is 0. The first-order chi connectivity index (χ1) is 6.70. The summed E-state index contributed by atoms with van der Waals surface area (Å²) in [7, 11) is 3.31. The highest BCUT2D eigenvalue weighted by molar-refractivity contribution is 5.50. The van der Waals surface area contributed by atoms with Crippen LogP contribution in [0.4, 0.5) is 0 Å². The summed E-state index contributed by atoms with van der Waals surface area (Å²) < 4.78 is 10.4. The molecule has 0 heterocycles. The Morgan fingerprint density at radius 2 is 1.07 bits per heavy atom. The third-order valence-electron chi connectivity index (χ3n) is 1.91. The van der Waals surface area contributed by atoms with Crippen LogP contribution in [0.3, 0.4) is 0 Å². The third-order valence-corrected chi connectivity index (χ3v) is 1.91. The standard InChI is InChI=1S/C10H14O2.C2H6/c1-7-5-6-8(2)10(12-4)9(7)11-3;1-2/h5-6H,1-4H3;1-2H3. The second kappa shape index (κ2) is 6.30. The van der Waals surface area contributed by atoms with Crippen molar-refractivity contribution < 1.29 is 9.47 Å². The highest BCUT2D eigenvalue weighted by Crippen LogP contribution is 2.33. The molecular formula is C12H20O2. The predicted molar refractivity (Wildman–Crippen MR) is 60.4 cm³/mol. The van der Waals surface area contributed by atoms with E-state index in [0.29, 0.717) is 0 Å². The Labute approximate surface area is 86.9 Å². The van der Waals surface area contributed by atoms with Gasteiger partial charge < -0.3 is 9.47 Å². The van der Waals surface area contributed by atoms with Crippen molar-refractivity contribution in [2.75, 3.05) is 14.2 Å². The molecule has 0 amide bonds. The topological polar surface area (TPSA) is 18.5 Å². The highest BCUT2D eigenvalue weighted by atomic mass is 16.5. The van der Waals surface area contributed by atoms with E-state index in [1.165, 1.54) is 0 Å². The van der Waals surface area contributed by atoms with Gasteiger partial charge in [0.15, 0.2) is 11.5 Å². The second-order valence-corrected chi connectivity index (χ2v) is 2.77. The van der Waals surface area contributed by atoms with Gasteiger partial charge in [0.05, 0.1) is 14.2 Å². The Balaban J connectivity index is 0.000000791. The first kappa shape index (κ1) is 12.8. The summed E-state index contributed by atoms with van der Waals surface area (Å²) in [6, 6.07) is 4.05. The van der Waals surface area contributed by atoms with Crippen LogP contribution in [0.1, 0.15) is 25.0 Å². The third kappa shape index (κ3) is 2.66. The van der Waals surface area contributed by atoms with Crippen LogP contribution in [-0.4, -0.2) is 14.2 Å². The molecule has 0 unspecified atom stereocenters. The minimum atomic E-state index is 0.831. The van der Waals surface area contributed by atoms with Gasteiger partial charge in [-0.1, -0.05) is 26.0 Å². The maximum absolute atomic E-state index is 5.22. The van der Waals surface area contributed by atoms with E-state index >= 15 is 0 Å². The van der Waals surface area contributed by atoms with Gasteiger partial charge in [-0.05, 0) is 25.0 Å².